The fraction of sp³-hybridized carbons (Fsp3) is 0.118. The lowest BCUT2D eigenvalue weighted by Crippen LogP contribution is -2.14. The van der Waals surface area contributed by atoms with Crippen molar-refractivity contribution in [2.24, 2.45) is 0 Å². The highest BCUT2D eigenvalue weighted by molar-refractivity contribution is 5.91. The number of nitrogens with zero attached hydrogens (tertiary/aromatic N) is 2. The van der Waals surface area contributed by atoms with Gasteiger partial charge in [-0.15, -0.1) is 0 Å². The highest BCUT2D eigenvalue weighted by Gasteiger charge is 2.20. The van der Waals surface area contributed by atoms with Gasteiger partial charge in [-0.25, -0.2) is 0 Å². The minimum atomic E-state index is 0.838. The second-order valence-corrected chi connectivity index (χ2v) is 5.23. The van der Waals surface area contributed by atoms with Crippen LogP contribution < -0.4 is 10.6 Å². The van der Waals surface area contributed by atoms with Crippen molar-refractivity contribution in [2.45, 2.75) is 13.1 Å². The summed E-state index contributed by atoms with van der Waals surface area (Å²) in [5, 5.41) is 1.20. The van der Waals surface area contributed by atoms with Crippen molar-refractivity contribution in [3.05, 3.63) is 65.9 Å². The molecule has 3 nitrogen and oxygen atoms in total. The molecule has 0 radical (unpaired) electrons. The van der Waals surface area contributed by atoms with Crippen molar-refractivity contribution in [2.75, 3.05) is 10.6 Å². The summed E-state index contributed by atoms with van der Waals surface area (Å²) in [7, 11) is 0. The summed E-state index contributed by atoms with van der Waals surface area (Å²) in [5.74, 6) is 0. The van der Waals surface area contributed by atoms with E-state index in [4.69, 9.17) is 5.73 Å². The molecule has 20 heavy (non-hydrogen) atoms. The maximum absolute atomic E-state index is 5.88. The number of rotatable bonds is 1. The van der Waals surface area contributed by atoms with Crippen LogP contribution in [-0.4, -0.2) is 4.98 Å². The average molecular weight is 261 g/mol. The van der Waals surface area contributed by atoms with Gasteiger partial charge in [0.25, 0.3) is 0 Å². The fourth-order valence-corrected chi connectivity index (χ4v) is 2.95. The first-order valence-electron chi connectivity index (χ1n) is 6.77. The normalized spacial score (nSPS) is 13.7. The molecule has 0 bridgehead atoms. The first kappa shape index (κ1) is 11.3. The molecule has 3 heteroatoms. The molecule has 0 aliphatic carbocycles. The van der Waals surface area contributed by atoms with Crippen LogP contribution in [-0.2, 0) is 13.1 Å². The summed E-state index contributed by atoms with van der Waals surface area (Å²) in [5.41, 5.74) is 11.7. The van der Waals surface area contributed by atoms with Crippen LogP contribution in [0.5, 0.6) is 0 Å². The van der Waals surface area contributed by atoms with Gasteiger partial charge in [0, 0.05) is 36.0 Å². The van der Waals surface area contributed by atoms with E-state index < -0.39 is 0 Å². The summed E-state index contributed by atoms with van der Waals surface area (Å²) >= 11 is 0. The minimum absolute atomic E-state index is 0.838. The largest absolute Gasteiger partial charge is 0.399 e. The quantitative estimate of drug-likeness (QED) is 0.683. The molecular formula is C17H15N3. The number of anilines is 2. The van der Waals surface area contributed by atoms with Crippen molar-refractivity contribution < 1.29 is 0 Å². The van der Waals surface area contributed by atoms with Gasteiger partial charge in [-0.3, -0.25) is 4.98 Å². The highest BCUT2D eigenvalue weighted by Crippen LogP contribution is 2.33. The molecule has 0 saturated carbocycles. The molecule has 0 saturated heterocycles. The Labute approximate surface area is 117 Å². The van der Waals surface area contributed by atoms with E-state index in [1.165, 1.54) is 22.2 Å². The van der Waals surface area contributed by atoms with Crippen LogP contribution in [0.15, 0.2) is 54.7 Å². The smallest absolute Gasteiger partial charge is 0.0722 e. The number of hydrogen-bond acceptors (Lipinski definition) is 3. The summed E-state index contributed by atoms with van der Waals surface area (Å²) in [6.07, 6.45) is 1.84. The van der Waals surface area contributed by atoms with Crippen LogP contribution in [0.3, 0.4) is 0 Å². The molecule has 2 heterocycles. The lowest BCUT2D eigenvalue weighted by atomic mass is 10.1. The number of nitrogens with two attached hydrogens (primary N) is 1. The number of benzene rings is 2. The Balaban J connectivity index is 1.79. The van der Waals surface area contributed by atoms with Crippen LogP contribution in [0, 0.1) is 0 Å². The Bertz CT molecular complexity index is 790. The van der Waals surface area contributed by atoms with Gasteiger partial charge in [0.15, 0.2) is 0 Å². The van der Waals surface area contributed by atoms with E-state index in [2.05, 4.69) is 46.3 Å². The molecule has 98 valence electrons. The van der Waals surface area contributed by atoms with Crippen LogP contribution in [0.4, 0.5) is 11.4 Å². The maximum Gasteiger partial charge on any atom is 0.0722 e. The molecule has 3 aromatic rings. The summed E-state index contributed by atoms with van der Waals surface area (Å²) < 4.78 is 0. The van der Waals surface area contributed by atoms with E-state index in [0.717, 1.165) is 24.3 Å². The number of fused-ring (bicyclic) bond motifs is 2. The molecule has 2 N–H and O–H groups in total. The fourth-order valence-electron chi connectivity index (χ4n) is 2.95. The molecule has 1 aliphatic heterocycles. The van der Waals surface area contributed by atoms with E-state index in [0.29, 0.717) is 0 Å². The van der Waals surface area contributed by atoms with E-state index in [1.54, 1.807) is 0 Å². The lowest BCUT2D eigenvalue weighted by Gasteiger charge is -2.19. The van der Waals surface area contributed by atoms with Crippen LogP contribution >= 0.6 is 0 Å². The topological polar surface area (TPSA) is 42.1 Å². The second kappa shape index (κ2) is 4.23. The lowest BCUT2D eigenvalue weighted by molar-refractivity contribution is 0.885. The zero-order chi connectivity index (χ0) is 13.5. The van der Waals surface area contributed by atoms with Crippen molar-refractivity contribution in [1.82, 2.24) is 4.98 Å². The SMILES string of the molecule is Nc1ccc2c(c1)CN(c1cccc3ncccc13)C2. The van der Waals surface area contributed by atoms with Gasteiger partial charge in [0.1, 0.15) is 0 Å². The summed E-state index contributed by atoms with van der Waals surface area (Å²) in [6.45, 7) is 1.85. The van der Waals surface area contributed by atoms with E-state index in [9.17, 15) is 0 Å². The minimum Gasteiger partial charge on any atom is -0.399 e. The van der Waals surface area contributed by atoms with E-state index in [1.807, 2.05) is 18.3 Å². The zero-order valence-electron chi connectivity index (χ0n) is 11.1. The van der Waals surface area contributed by atoms with Gasteiger partial charge < -0.3 is 10.6 Å². The van der Waals surface area contributed by atoms with Crippen molar-refractivity contribution in [1.29, 1.82) is 0 Å². The molecule has 1 aliphatic rings. The van der Waals surface area contributed by atoms with E-state index >= 15 is 0 Å². The van der Waals surface area contributed by atoms with Gasteiger partial charge in [0.05, 0.1) is 5.52 Å². The molecule has 4 rings (SSSR count). The predicted octanol–water partition coefficient (Wildman–Crippen LogP) is 3.34. The molecule has 0 unspecified atom stereocenters. The summed E-state index contributed by atoms with van der Waals surface area (Å²) in [4.78, 5) is 6.81. The number of nitrogen functional groups attached to an aromatic ring is 1. The van der Waals surface area contributed by atoms with E-state index in [-0.39, 0.29) is 0 Å². The zero-order valence-corrected chi connectivity index (χ0v) is 11.1. The molecular weight excluding hydrogens is 246 g/mol. The van der Waals surface area contributed by atoms with Gasteiger partial charge in [-0.2, -0.15) is 0 Å². The molecule has 0 atom stereocenters. The Kier molecular flexibility index (Phi) is 2.39. The highest BCUT2D eigenvalue weighted by atomic mass is 15.1. The molecule has 0 amide bonds. The third-order valence-corrected chi connectivity index (χ3v) is 3.92. The van der Waals surface area contributed by atoms with Crippen molar-refractivity contribution in [3.63, 3.8) is 0 Å². The number of hydrogen-bond donors (Lipinski definition) is 1. The third-order valence-electron chi connectivity index (χ3n) is 3.92. The molecule has 0 fully saturated rings. The molecule has 2 aromatic carbocycles. The van der Waals surface area contributed by atoms with Crippen molar-refractivity contribution >= 4 is 22.3 Å². The van der Waals surface area contributed by atoms with Gasteiger partial charge >= 0.3 is 0 Å². The predicted molar refractivity (Wildman–Crippen MR) is 82.5 cm³/mol. The second-order valence-electron chi connectivity index (χ2n) is 5.23. The van der Waals surface area contributed by atoms with Crippen LogP contribution in [0.2, 0.25) is 0 Å². The van der Waals surface area contributed by atoms with Crippen LogP contribution in [0.1, 0.15) is 11.1 Å². The Morgan fingerprint density at radius 3 is 2.80 bits per heavy atom. The summed E-state index contributed by atoms with van der Waals surface area (Å²) in [6, 6.07) is 16.6. The van der Waals surface area contributed by atoms with Crippen molar-refractivity contribution in [3.8, 4) is 0 Å². The van der Waals surface area contributed by atoms with Gasteiger partial charge in [-0.1, -0.05) is 12.1 Å². The average Bonchev–Trinajstić information content (AvgIpc) is 2.89. The van der Waals surface area contributed by atoms with Gasteiger partial charge in [-0.05, 0) is 47.5 Å². The number of pyridine rings is 1. The van der Waals surface area contributed by atoms with Gasteiger partial charge in [0.2, 0.25) is 0 Å². The number of aromatic nitrogens is 1. The molecule has 1 aromatic heterocycles. The monoisotopic (exact) mass is 261 g/mol. The Hall–Kier alpha value is -2.55. The first-order chi connectivity index (χ1) is 9.81. The van der Waals surface area contributed by atoms with Crippen LogP contribution in [0.25, 0.3) is 10.9 Å². The first-order valence-corrected chi connectivity index (χ1v) is 6.77. The molecule has 0 spiro atoms. The third kappa shape index (κ3) is 1.71. The Morgan fingerprint density at radius 2 is 1.85 bits per heavy atom. The Morgan fingerprint density at radius 1 is 0.950 bits per heavy atom. The standard InChI is InChI=1S/C17H15N3/c18-14-7-6-12-10-20(11-13(12)9-14)17-5-1-4-16-15(17)3-2-8-19-16/h1-9H,10-11,18H2. The maximum atomic E-state index is 5.88.